The van der Waals surface area contributed by atoms with Crippen LogP contribution < -0.4 is 5.73 Å². The Morgan fingerprint density at radius 1 is 1.29 bits per heavy atom. The summed E-state index contributed by atoms with van der Waals surface area (Å²) in [5.41, 5.74) is 6.09. The molecule has 1 aliphatic rings. The molecule has 1 aliphatic carbocycles. The van der Waals surface area contributed by atoms with Gasteiger partial charge in [0.1, 0.15) is 0 Å². The molecule has 0 aromatic rings. The highest BCUT2D eigenvalue weighted by Crippen LogP contribution is 2.42. The third-order valence-electron chi connectivity index (χ3n) is 4.40. The smallest absolute Gasteiger partial charge is 0.303 e. The van der Waals surface area contributed by atoms with E-state index in [4.69, 9.17) is 10.8 Å². The fourth-order valence-electron chi connectivity index (χ4n) is 3.12. The lowest BCUT2D eigenvalue weighted by Crippen LogP contribution is -2.32. The van der Waals surface area contributed by atoms with E-state index in [1.165, 1.54) is 12.8 Å². The van der Waals surface area contributed by atoms with Gasteiger partial charge in [0.05, 0.1) is 0 Å². The summed E-state index contributed by atoms with van der Waals surface area (Å²) in [5.74, 6) is 0.767. The van der Waals surface area contributed by atoms with Crippen LogP contribution in [0.3, 0.4) is 0 Å². The summed E-state index contributed by atoms with van der Waals surface area (Å²) in [4.78, 5) is 10.8. The van der Waals surface area contributed by atoms with E-state index in [0.717, 1.165) is 18.8 Å². The van der Waals surface area contributed by atoms with Crippen molar-refractivity contribution in [3.8, 4) is 0 Å². The summed E-state index contributed by atoms with van der Waals surface area (Å²) in [7, 11) is 0. The molecule has 0 amide bonds. The molecule has 3 heteroatoms. The number of carboxylic acid groups (broad SMARTS) is 1. The maximum absolute atomic E-state index is 10.8. The van der Waals surface area contributed by atoms with Crippen LogP contribution >= 0.6 is 0 Å². The number of aliphatic carboxylic acids is 1. The van der Waals surface area contributed by atoms with Crippen molar-refractivity contribution in [2.24, 2.45) is 28.9 Å². The summed E-state index contributed by atoms with van der Waals surface area (Å²) in [6, 6.07) is 0. The molecule has 0 aromatic heterocycles. The van der Waals surface area contributed by atoms with Gasteiger partial charge in [0, 0.05) is 6.42 Å². The monoisotopic (exact) mass is 241 g/mol. The summed E-state index contributed by atoms with van der Waals surface area (Å²) >= 11 is 0. The van der Waals surface area contributed by atoms with Crippen LogP contribution in [-0.4, -0.2) is 17.6 Å². The van der Waals surface area contributed by atoms with Crippen molar-refractivity contribution in [3.63, 3.8) is 0 Å². The van der Waals surface area contributed by atoms with Gasteiger partial charge in [-0.15, -0.1) is 0 Å². The Morgan fingerprint density at radius 3 is 2.18 bits per heavy atom. The largest absolute Gasteiger partial charge is 0.481 e. The molecule has 0 saturated heterocycles. The minimum atomic E-state index is -0.710. The van der Waals surface area contributed by atoms with Crippen molar-refractivity contribution >= 4 is 5.97 Å². The molecule has 1 saturated carbocycles. The van der Waals surface area contributed by atoms with Gasteiger partial charge in [-0.3, -0.25) is 4.79 Å². The Bertz CT molecular complexity index is 249. The molecule has 3 nitrogen and oxygen atoms in total. The standard InChI is InChI=1S/C14H27NO2/c1-14(2,3)12-6-4-10(5-7-12)11(9-15)8-13(16)17/h10-12H,4-9,15H2,1-3H3,(H,16,17). The number of hydrogen-bond acceptors (Lipinski definition) is 2. The first-order chi connectivity index (χ1) is 7.84. The van der Waals surface area contributed by atoms with Crippen LogP contribution in [0.1, 0.15) is 52.9 Å². The van der Waals surface area contributed by atoms with Crippen LogP contribution in [0.4, 0.5) is 0 Å². The highest BCUT2D eigenvalue weighted by Gasteiger charge is 2.32. The molecule has 1 rings (SSSR count). The molecule has 0 aliphatic heterocycles. The number of hydrogen-bond donors (Lipinski definition) is 2. The van der Waals surface area contributed by atoms with E-state index < -0.39 is 5.97 Å². The van der Waals surface area contributed by atoms with Crippen LogP contribution in [0.5, 0.6) is 0 Å². The topological polar surface area (TPSA) is 63.3 Å². The van der Waals surface area contributed by atoms with Crippen LogP contribution in [0.15, 0.2) is 0 Å². The van der Waals surface area contributed by atoms with E-state index in [-0.39, 0.29) is 12.3 Å². The Morgan fingerprint density at radius 2 is 1.82 bits per heavy atom. The minimum Gasteiger partial charge on any atom is -0.481 e. The van der Waals surface area contributed by atoms with Gasteiger partial charge in [-0.25, -0.2) is 0 Å². The number of rotatable bonds is 4. The van der Waals surface area contributed by atoms with Gasteiger partial charge >= 0.3 is 5.97 Å². The zero-order valence-electron chi connectivity index (χ0n) is 11.4. The summed E-state index contributed by atoms with van der Waals surface area (Å²) in [6.07, 6.45) is 4.99. The zero-order valence-corrected chi connectivity index (χ0v) is 11.4. The second-order valence-electron chi connectivity index (χ2n) is 6.57. The first-order valence-electron chi connectivity index (χ1n) is 6.76. The summed E-state index contributed by atoms with van der Waals surface area (Å²) < 4.78 is 0. The SMILES string of the molecule is CC(C)(C)C1CCC(C(CN)CC(=O)O)CC1. The molecule has 0 bridgehead atoms. The number of nitrogens with two attached hydrogens (primary N) is 1. The Hall–Kier alpha value is -0.570. The Labute approximate surface area is 105 Å². The van der Waals surface area contributed by atoms with Crippen molar-refractivity contribution in [1.29, 1.82) is 0 Å². The number of carboxylic acids is 1. The second kappa shape index (κ2) is 5.85. The van der Waals surface area contributed by atoms with Gasteiger partial charge < -0.3 is 10.8 Å². The van der Waals surface area contributed by atoms with E-state index in [1.54, 1.807) is 0 Å². The van der Waals surface area contributed by atoms with E-state index in [0.29, 0.717) is 17.9 Å². The molecule has 0 spiro atoms. The summed E-state index contributed by atoms with van der Waals surface area (Å²) in [5, 5.41) is 8.87. The van der Waals surface area contributed by atoms with E-state index in [9.17, 15) is 4.79 Å². The highest BCUT2D eigenvalue weighted by molar-refractivity contribution is 5.67. The molecular weight excluding hydrogens is 214 g/mol. The maximum atomic E-state index is 10.8. The van der Waals surface area contributed by atoms with Gasteiger partial charge in [0.2, 0.25) is 0 Å². The molecule has 3 N–H and O–H groups in total. The van der Waals surface area contributed by atoms with E-state index >= 15 is 0 Å². The van der Waals surface area contributed by atoms with Crippen molar-refractivity contribution in [2.75, 3.05) is 6.54 Å². The van der Waals surface area contributed by atoms with Crippen molar-refractivity contribution < 1.29 is 9.90 Å². The lowest BCUT2D eigenvalue weighted by atomic mass is 9.67. The molecule has 1 atom stereocenters. The third-order valence-corrected chi connectivity index (χ3v) is 4.40. The van der Waals surface area contributed by atoms with Crippen LogP contribution in [0.2, 0.25) is 0 Å². The summed E-state index contributed by atoms with van der Waals surface area (Å²) in [6.45, 7) is 7.41. The third kappa shape index (κ3) is 4.30. The molecule has 0 radical (unpaired) electrons. The Balaban J connectivity index is 2.47. The maximum Gasteiger partial charge on any atom is 0.303 e. The van der Waals surface area contributed by atoms with Gasteiger partial charge in [-0.05, 0) is 55.4 Å². The quantitative estimate of drug-likeness (QED) is 0.795. The zero-order chi connectivity index (χ0) is 13.1. The predicted octanol–water partition coefficient (Wildman–Crippen LogP) is 2.89. The Kier molecular flexibility index (Phi) is 4.99. The minimum absolute atomic E-state index is 0.174. The van der Waals surface area contributed by atoms with E-state index in [2.05, 4.69) is 20.8 Å². The normalized spacial score (nSPS) is 27.8. The molecule has 0 heterocycles. The molecule has 17 heavy (non-hydrogen) atoms. The van der Waals surface area contributed by atoms with Crippen LogP contribution in [0, 0.1) is 23.2 Å². The first-order valence-corrected chi connectivity index (χ1v) is 6.76. The average molecular weight is 241 g/mol. The number of carbonyl (C=O) groups is 1. The van der Waals surface area contributed by atoms with Crippen molar-refractivity contribution in [3.05, 3.63) is 0 Å². The second-order valence-corrected chi connectivity index (χ2v) is 6.57. The fourth-order valence-corrected chi connectivity index (χ4v) is 3.12. The van der Waals surface area contributed by atoms with Crippen molar-refractivity contribution in [2.45, 2.75) is 52.9 Å². The molecule has 1 fully saturated rings. The fraction of sp³-hybridized carbons (Fsp3) is 0.929. The predicted molar refractivity (Wildman–Crippen MR) is 69.7 cm³/mol. The lowest BCUT2D eigenvalue weighted by Gasteiger charge is -2.39. The van der Waals surface area contributed by atoms with Gasteiger partial charge in [0.25, 0.3) is 0 Å². The molecule has 100 valence electrons. The van der Waals surface area contributed by atoms with Gasteiger partial charge in [-0.2, -0.15) is 0 Å². The average Bonchev–Trinajstić information content (AvgIpc) is 2.24. The lowest BCUT2D eigenvalue weighted by molar-refractivity contribution is -0.138. The van der Waals surface area contributed by atoms with E-state index in [1.807, 2.05) is 0 Å². The first kappa shape index (κ1) is 14.5. The van der Waals surface area contributed by atoms with Crippen molar-refractivity contribution in [1.82, 2.24) is 0 Å². The molecular formula is C14H27NO2. The van der Waals surface area contributed by atoms with Crippen LogP contribution in [0.25, 0.3) is 0 Å². The highest BCUT2D eigenvalue weighted by atomic mass is 16.4. The molecule has 1 unspecified atom stereocenters. The van der Waals surface area contributed by atoms with Crippen LogP contribution in [-0.2, 0) is 4.79 Å². The molecule has 0 aromatic carbocycles. The van der Waals surface area contributed by atoms with Gasteiger partial charge in [0.15, 0.2) is 0 Å². The van der Waals surface area contributed by atoms with Gasteiger partial charge in [-0.1, -0.05) is 20.8 Å².